The van der Waals surface area contributed by atoms with Crippen molar-refractivity contribution in [3.05, 3.63) is 29.6 Å². The van der Waals surface area contributed by atoms with Gasteiger partial charge in [-0.05, 0) is 37.5 Å². The molecule has 2 N–H and O–H groups in total. The summed E-state index contributed by atoms with van der Waals surface area (Å²) in [6.07, 6.45) is 1.30. The molecule has 0 heterocycles. The predicted molar refractivity (Wildman–Crippen MR) is 70.3 cm³/mol. The van der Waals surface area contributed by atoms with Crippen LogP contribution in [0, 0.1) is 17.1 Å². The van der Waals surface area contributed by atoms with Gasteiger partial charge in [0.1, 0.15) is 11.9 Å². The fourth-order valence-electron chi connectivity index (χ4n) is 2.31. The van der Waals surface area contributed by atoms with Crippen molar-refractivity contribution in [2.45, 2.75) is 36.1 Å². The molecule has 1 aliphatic carbocycles. The molecule has 0 aliphatic heterocycles. The van der Waals surface area contributed by atoms with Crippen LogP contribution in [-0.4, -0.2) is 25.0 Å². The van der Waals surface area contributed by atoms with Gasteiger partial charge in [0.15, 0.2) is 0 Å². The van der Waals surface area contributed by atoms with Crippen molar-refractivity contribution in [1.82, 2.24) is 4.72 Å². The van der Waals surface area contributed by atoms with Crippen molar-refractivity contribution in [2.75, 3.05) is 0 Å². The first-order valence-electron chi connectivity index (χ1n) is 6.23. The lowest BCUT2D eigenvalue weighted by Gasteiger charge is -2.40. The van der Waals surface area contributed by atoms with Gasteiger partial charge in [0.05, 0.1) is 16.9 Å². The van der Waals surface area contributed by atoms with Crippen LogP contribution in [0.25, 0.3) is 0 Å². The van der Waals surface area contributed by atoms with E-state index < -0.39 is 27.3 Å². The van der Waals surface area contributed by atoms with Crippen molar-refractivity contribution in [2.24, 2.45) is 0 Å². The van der Waals surface area contributed by atoms with E-state index in [9.17, 15) is 17.6 Å². The average Bonchev–Trinajstić information content (AvgIpc) is 2.35. The smallest absolute Gasteiger partial charge is 0.305 e. The second-order valence-corrected chi connectivity index (χ2v) is 6.75. The number of nitrogens with zero attached hydrogens (tertiary/aromatic N) is 1. The van der Waals surface area contributed by atoms with E-state index in [0.29, 0.717) is 12.8 Å². The van der Waals surface area contributed by atoms with Crippen LogP contribution in [-0.2, 0) is 14.8 Å². The largest absolute Gasteiger partial charge is 0.481 e. The lowest BCUT2D eigenvalue weighted by Crippen LogP contribution is -2.54. The van der Waals surface area contributed by atoms with E-state index in [2.05, 4.69) is 4.72 Å². The highest BCUT2D eigenvalue weighted by atomic mass is 32.2. The van der Waals surface area contributed by atoms with Gasteiger partial charge in [-0.15, -0.1) is 0 Å². The molecular formula is C13H13FN2O4S. The number of halogens is 1. The molecule has 8 heteroatoms. The molecule has 0 radical (unpaired) electrons. The number of nitrogens with one attached hydrogen (secondary N) is 1. The third kappa shape index (κ3) is 3.20. The van der Waals surface area contributed by atoms with Gasteiger partial charge in [-0.3, -0.25) is 4.79 Å². The van der Waals surface area contributed by atoms with Gasteiger partial charge in [-0.1, -0.05) is 0 Å². The van der Waals surface area contributed by atoms with Crippen LogP contribution >= 0.6 is 0 Å². The minimum atomic E-state index is -4.00. The first kappa shape index (κ1) is 15.4. The number of rotatable bonds is 5. The Balaban J connectivity index is 2.30. The van der Waals surface area contributed by atoms with Crippen LogP contribution < -0.4 is 4.72 Å². The first-order valence-corrected chi connectivity index (χ1v) is 7.72. The Morgan fingerprint density at radius 1 is 1.48 bits per heavy atom. The highest BCUT2D eigenvalue weighted by molar-refractivity contribution is 7.89. The molecule has 0 aromatic heterocycles. The Morgan fingerprint density at radius 3 is 2.62 bits per heavy atom. The Bertz CT molecular complexity index is 720. The molecular weight excluding hydrogens is 299 g/mol. The maximum atomic E-state index is 13.2. The number of carboxylic acid groups (broad SMARTS) is 1. The van der Waals surface area contributed by atoms with E-state index in [0.717, 1.165) is 24.6 Å². The van der Waals surface area contributed by atoms with Gasteiger partial charge < -0.3 is 5.11 Å². The van der Waals surface area contributed by atoms with Gasteiger partial charge >= 0.3 is 5.97 Å². The van der Waals surface area contributed by atoms with E-state index >= 15 is 0 Å². The summed E-state index contributed by atoms with van der Waals surface area (Å²) in [5.41, 5.74) is -1.37. The minimum absolute atomic E-state index is 0.253. The van der Waals surface area contributed by atoms with Crippen LogP contribution in [0.2, 0.25) is 0 Å². The summed E-state index contributed by atoms with van der Waals surface area (Å²) >= 11 is 0. The number of benzene rings is 1. The molecule has 1 aromatic carbocycles. The fourth-order valence-corrected chi connectivity index (χ4v) is 3.79. The third-order valence-electron chi connectivity index (χ3n) is 3.52. The summed E-state index contributed by atoms with van der Waals surface area (Å²) in [6, 6.07) is 4.45. The Morgan fingerprint density at radius 2 is 2.14 bits per heavy atom. The molecule has 1 aromatic rings. The maximum absolute atomic E-state index is 13.2. The molecule has 0 amide bonds. The number of hydrogen-bond donors (Lipinski definition) is 2. The number of sulfonamides is 1. The van der Waals surface area contributed by atoms with Gasteiger partial charge in [-0.25, -0.2) is 17.5 Å². The van der Waals surface area contributed by atoms with Crippen LogP contribution in [0.1, 0.15) is 31.2 Å². The summed E-state index contributed by atoms with van der Waals surface area (Å²) in [7, 11) is -4.00. The van der Waals surface area contributed by atoms with Crippen molar-refractivity contribution in [1.29, 1.82) is 5.26 Å². The van der Waals surface area contributed by atoms with E-state index in [1.165, 1.54) is 0 Å². The Labute approximate surface area is 121 Å². The summed E-state index contributed by atoms with van der Waals surface area (Å²) in [4.78, 5) is 10.6. The number of carbonyl (C=O) groups is 1. The molecule has 1 aliphatic rings. The number of nitriles is 1. The Hall–Kier alpha value is -1.98. The summed E-state index contributed by atoms with van der Waals surface area (Å²) in [6.45, 7) is 0. The molecule has 6 nitrogen and oxygen atoms in total. The van der Waals surface area contributed by atoms with Crippen molar-refractivity contribution >= 4 is 16.0 Å². The second kappa shape index (κ2) is 5.42. The average molecular weight is 312 g/mol. The van der Waals surface area contributed by atoms with Crippen molar-refractivity contribution in [3.63, 3.8) is 0 Å². The van der Waals surface area contributed by atoms with Gasteiger partial charge in [-0.2, -0.15) is 5.26 Å². The van der Waals surface area contributed by atoms with Gasteiger partial charge in [0.25, 0.3) is 0 Å². The van der Waals surface area contributed by atoms with Crippen LogP contribution in [0.4, 0.5) is 4.39 Å². The highest BCUT2D eigenvalue weighted by Crippen LogP contribution is 2.36. The topological polar surface area (TPSA) is 107 Å². The maximum Gasteiger partial charge on any atom is 0.305 e. The molecule has 0 unspecified atom stereocenters. The predicted octanol–water partition coefficient (Wildman–Crippen LogP) is 1.37. The van der Waals surface area contributed by atoms with E-state index in [4.69, 9.17) is 10.4 Å². The highest BCUT2D eigenvalue weighted by Gasteiger charge is 2.42. The summed E-state index contributed by atoms with van der Waals surface area (Å²) < 4.78 is 40.1. The SMILES string of the molecule is N#Cc1cc(S(=O)(=O)NC2(CC(=O)O)CCC2)ccc1F. The zero-order valence-electron chi connectivity index (χ0n) is 11.0. The number of hydrogen-bond acceptors (Lipinski definition) is 4. The van der Waals surface area contributed by atoms with Crippen LogP contribution in [0.15, 0.2) is 23.1 Å². The van der Waals surface area contributed by atoms with E-state index in [-0.39, 0.29) is 16.9 Å². The molecule has 0 saturated heterocycles. The molecule has 21 heavy (non-hydrogen) atoms. The molecule has 2 rings (SSSR count). The van der Waals surface area contributed by atoms with Crippen LogP contribution in [0.3, 0.4) is 0 Å². The van der Waals surface area contributed by atoms with Gasteiger partial charge in [0, 0.05) is 5.54 Å². The monoisotopic (exact) mass is 312 g/mol. The normalized spacial score (nSPS) is 16.8. The fraction of sp³-hybridized carbons (Fsp3) is 0.385. The molecule has 0 bridgehead atoms. The lowest BCUT2D eigenvalue weighted by atomic mass is 9.75. The molecule has 1 fully saturated rings. The zero-order chi connectivity index (χ0) is 15.7. The van der Waals surface area contributed by atoms with Crippen LogP contribution in [0.5, 0.6) is 0 Å². The first-order chi connectivity index (χ1) is 9.78. The summed E-state index contributed by atoms with van der Waals surface area (Å²) in [5.74, 6) is -1.89. The second-order valence-electron chi connectivity index (χ2n) is 5.06. The van der Waals surface area contributed by atoms with Crippen molar-refractivity contribution in [3.8, 4) is 6.07 Å². The zero-order valence-corrected chi connectivity index (χ0v) is 11.8. The minimum Gasteiger partial charge on any atom is -0.481 e. The lowest BCUT2D eigenvalue weighted by molar-refractivity contribution is -0.139. The quantitative estimate of drug-likeness (QED) is 0.854. The standard InChI is InChI=1S/C13H13FN2O4S/c14-11-3-2-10(6-9(11)8-15)21(19,20)16-13(4-1-5-13)7-12(17)18/h2-3,6,16H,1,4-5,7H2,(H,17,18). The molecule has 0 atom stereocenters. The molecule has 112 valence electrons. The Kier molecular flexibility index (Phi) is 3.98. The van der Waals surface area contributed by atoms with E-state index in [1.807, 2.05) is 0 Å². The molecule has 0 spiro atoms. The third-order valence-corrected chi connectivity index (χ3v) is 5.10. The van der Waals surface area contributed by atoms with E-state index in [1.54, 1.807) is 6.07 Å². The van der Waals surface area contributed by atoms with Gasteiger partial charge in [0.2, 0.25) is 10.0 Å². The summed E-state index contributed by atoms with van der Waals surface area (Å²) in [5, 5.41) is 17.6. The van der Waals surface area contributed by atoms with Crippen molar-refractivity contribution < 1.29 is 22.7 Å². The number of aliphatic carboxylic acids is 1. The number of carboxylic acids is 1. The molecule has 1 saturated carbocycles.